The first kappa shape index (κ1) is 13.8. The van der Waals surface area contributed by atoms with Crippen molar-refractivity contribution in [2.45, 2.75) is 19.9 Å². The van der Waals surface area contributed by atoms with Crippen LogP contribution >= 0.6 is 0 Å². The number of rotatable bonds is 1. The standard InChI is InChI=1S/C17H14N2O.ClH/c1-2-19-8-7-13-14-9-11-5-3-4-6-12(11)16(14)18-17(20)15(13)10-19;/h3-8,10H,2,9H2,1H3;1H. The van der Waals surface area contributed by atoms with Crippen LogP contribution in [0.2, 0.25) is 0 Å². The number of hydrogen-bond donors (Lipinski definition) is 1. The Balaban J connectivity index is 0.00000132. The summed E-state index contributed by atoms with van der Waals surface area (Å²) in [4.78, 5) is 15.4. The molecule has 2 aromatic heterocycles. The van der Waals surface area contributed by atoms with Gasteiger partial charge in [-0.25, -0.2) is 4.57 Å². The fraction of sp³-hybridized carbons (Fsp3) is 0.176. The van der Waals surface area contributed by atoms with Crippen molar-refractivity contribution in [1.29, 1.82) is 0 Å². The van der Waals surface area contributed by atoms with Gasteiger partial charge in [0.2, 0.25) is 0 Å². The van der Waals surface area contributed by atoms with Crippen molar-refractivity contribution in [3.8, 4) is 11.3 Å². The van der Waals surface area contributed by atoms with Crippen molar-refractivity contribution in [3.63, 3.8) is 0 Å². The molecule has 1 aliphatic rings. The molecule has 2 heterocycles. The topological polar surface area (TPSA) is 36.7 Å². The van der Waals surface area contributed by atoms with E-state index in [-0.39, 0.29) is 18.0 Å². The smallest absolute Gasteiger partial charge is 0.262 e. The van der Waals surface area contributed by atoms with Crippen LogP contribution in [0.5, 0.6) is 0 Å². The molecule has 0 saturated heterocycles. The first-order chi connectivity index (χ1) is 9.78. The van der Waals surface area contributed by atoms with Crippen LogP contribution in [-0.4, -0.2) is 4.98 Å². The maximum Gasteiger partial charge on any atom is 0.262 e. The summed E-state index contributed by atoms with van der Waals surface area (Å²) in [5.41, 5.74) is 4.68. The number of nitrogens with zero attached hydrogens (tertiary/aromatic N) is 1. The highest BCUT2D eigenvalue weighted by Crippen LogP contribution is 2.37. The van der Waals surface area contributed by atoms with Gasteiger partial charge in [-0.3, -0.25) is 4.79 Å². The van der Waals surface area contributed by atoms with Crippen molar-refractivity contribution in [2.24, 2.45) is 0 Å². The lowest BCUT2D eigenvalue weighted by atomic mass is 10.1. The second-order valence-corrected chi connectivity index (χ2v) is 5.24. The van der Waals surface area contributed by atoms with Gasteiger partial charge in [0.1, 0.15) is 11.9 Å². The summed E-state index contributed by atoms with van der Waals surface area (Å²) < 4.78 is 2.03. The number of nitrogens with one attached hydrogen (secondary N) is 1. The van der Waals surface area contributed by atoms with Crippen LogP contribution < -0.4 is 22.5 Å². The van der Waals surface area contributed by atoms with Crippen molar-refractivity contribution in [3.05, 3.63) is 64.2 Å². The summed E-state index contributed by atoms with van der Waals surface area (Å²) in [6, 6.07) is 10.4. The number of H-pyrrole nitrogens is 1. The molecule has 4 rings (SSSR count). The largest absolute Gasteiger partial charge is 1.00 e. The number of pyridine rings is 2. The second-order valence-electron chi connectivity index (χ2n) is 5.24. The molecular formula is C17H15ClN2O. The first-order valence-corrected chi connectivity index (χ1v) is 6.94. The van der Waals surface area contributed by atoms with E-state index in [1.807, 2.05) is 23.0 Å². The van der Waals surface area contributed by atoms with Crippen molar-refractivity contribution in [2.75, 3.05) is 0 Å². The van der Waals surface area contributed by atoms with Crippen LogP contribution in [0, 0.1) is 0 Å². The van der Waals surface area contributed by atoms with Gasteiger partial charge >= 0.3 is 0 Å². The SMILES string of the molecule is CC[n+]1ccc2c3c([nH]c(=O)c2c1)-c1ccccc1C3.[Cl-]. The molecule has 0 spiro atoms. The Labute approximate surface area is 128 Å². The quantitative estimate of drug-likeness (QED) is 0.469. The Morgan fingerprint density at radius 1 is 1.19 bits per heavy atom. The number of aromatic amines is 1. The average molecular weight is 299 g/mol. The van der Waals surface area contributed by atoms with Crippen LogP contribution in [0.1, 0.15) is 18.1 Å². The van der Waals surface area contributed by atoms with E-state index >= 15 is 0 Å². The number of aromatic nitrogens is 2. The van der Waals surface area contributed by atoms with E-state index < -0.39 is 0 Å². The third-order valence-electron chi connectivity index (χ3n) is 4.15. The van der Waals surface area contributed by atoms with Gasteiger partial charge in [-0.15, -0.1) is 0 Å². The van der Waals surface area contributed by atoms with Crippen molar-refractivity contribution in [1.82, 2.24) is 4.98 Å². The molecule has 1 N–H and O–H groups in total. The van der Waals surface area contributed by atoms with Crippen LogP contribution in [0.3, 0.4) is 0 Å². The Kier molecular flexibility index (Phi) is 3.30. The predicted octanol–water partition coefficient (Wildman–Crippen LogP) is -0.589. The van der Waals surface area contributed by atoms with Gasteiger partial charge in [0.15, 0.2) is 12.4 Å². The monoisotopic (exact) mass is 298 g/mol. The molecule has 0 saturated carbocycles. The van der Waals surface area contributed by atoms with Gasteiger partial charge in [0.05, 0.1) is 5.69 Å². The molecule has 4 heteroatoms. The zero-order chi connectivity index (χ0) is 13.7. The molecule has 3 aromatic rings. The van der Waals surface area contributed by atoms with Gasteiger partial charge in [-0.2, -0.15) is 0 Å². The lowest BCUT2D eigenvalue weighted by molar-refractivity contribution is -0.692. The first-order valence-electron chi connectivity index (χ1n) is 6.94. The maximum atomic E-state index is 12.3. The molecule has 3 nitrogen and oxygen atoms in total. The normalized spacial score (nSPS) is 11.9. The van der Waals surface area contributed by atoms with E-state index in [1.54, 1.807) is 0 Å². The minimum absolute atomic E-state index is 0. The molecule has 0 fully saturated rings. The molecule has 1 aromatic carbocycles. The minimum Gasteiger partial charge on any atom is -1.00 e. The van der Waals surface area contributed by atoms with Crippen molar-refractivity contribution < 1.29 is 17.0 Å². The molecule has 0 radical (unpaired) electrons. The third kappa shape index (κ3) is 1.96. The molecule has 0 aliphatic heterocycles. The van der Waals surface area contributed by atoms with E-state index in [2.05, 4.69) is 36.2 Å². The summed E-state index contributed by atoms with van der Waals surface area (Å²) in [7, 11) is 0. The number of fused-ring (bicyclic) bond motifs is 5. The summed E-state index contributed by atoms with van der Waals surface area (Å²) in [5.74, 6) is 0. The molecule has 0 bridgehead atoms. The Morgan fingerprint density at radius 2 is 2.00 bits per heavy atom. The fourth-order valence-electron chi connectivity index (χ4n) is 3.09. The van der Waals surface area contributed by atoms with E-state index in [0.29, 0.717) is 0 Å². The van der Waals surface area contributed by atoms with Gasteiger partial charge in [0, 0.05) is 23.4 Å². The second kappa shape index (κ2) is 5.01. The van der Waals surface area contributed by atoms with E-state index in [0.717, 1.165) is 35.0 Å². The third-order valence-corrected chi connectivity index (χ3v) is 4.15. The molecule has 0 unspecified atom stereocenters. The van der Waals surface area contributed by atoms with Gasteiger partial charge < -0.3 is 17.4 Å². The van der Waals surface area contributed by atoms with Crippen molar-refractivity contribution >= 4 is 10.8 Å². The molecule has 1 aliphatic carbocycles. The fourth-order valence-corrected chi connectivity index (χ4v) is 3.09. The number of benzene rings is 1. The summed E-state index contributed by atoms with van der Waals surface area (Å²) in [5, 5.41) is 1.85. The number of aryl methyl sites for hydroxylation is 1. The molecule has 0 amide bonds. The maximum absolute atomic E-state index is 12.3. The average Bonchev–Trinajstić information content (AvgIpc) is 2.86. The Hall–Kier alpha value is -2.13. The summed E-state index contributed by atoms with van der Waals surface area (Å²) in [6.07, 6.45) is 4.89. The number of halogens is 1. The highest BCUT2D eigenvalue weighted by molar-refractivity contribution is 5.91. The predicted molar refractivity (Wildman–Crippen MR) is 78.7 cm³/mol. The van der Waals surface area contributed by atoms with Crippen LogP contribution in [-0.2, 0) is 13.0 Å². The van der Waals surface area contributed by atoms with Gasteiger partial charge in [-0.1, -0.05) is 24.3 Å². The Bertz CT molecular complexity index is 899. The molecule has 0 atom stereocenters. The summed E-state index contributed by atoms with van der Waals surface area (Å²) >= 11 is 0. The molecule has 21 heavy (non-hydrogen) atoms. The van der Waals surface area contributed by atoms with Gasteiger partial charge in [0.25, 0.3) is 5.56 Å². The zero-order valence-corrected chi connectivity index (χ0v) is 12.4. The van der Waals surface area contributed by atoms with E-state index in [1.165, 1.54) is 11.1 Å². The minimum atomic E-state index is -0.00162. The zero-order valence-electron chi connectivity index (χ0n) is 11.7. The van der Waals surface area contributed by atoms with Gasteiger partial charge in [-0.05, 0) is 18.1 Å². The number of hydrogen-bond acceptors (Lipinski definition) is 1. The lowest BCUT2D eigenvalue weighted by Gasteiger charge is -2.04. The molecular weight excluding hydrogens is 284 g/mol. The lowest BCUT2D eigenvalue weighted by Crippen LogP contribution is -3.00. The van der Waals surface area contributed by atoms with E-state index in [9.17, 15) is 4.79 Å². The molecule has 106 valence electrons. The summed E-state index contributed by atoms with van der Waals surface area (Å²) in [6.45, 7) is 2.94. The Morgan fingerprint density at radius 3 is 2.81 bits per heavy atom. The van der Waals surface area contributed by atoms with Crippen LogP contribution in [0.4, 0.5) is 0 Å². The van der Waals surface area contributed by atoms with Crippen LogP contribution in [0.15, 0.2) is 47.5 Å². The highest BCUT2D eigenvalue weighted by Gasteiger charge is 2.23. The van der Waals surface area contributed by atoms with Crippen LogP contribution in [0.25, 0.3) is 22.0 Å². The van der Waals surface area contributed by atoms with E-state index in [4.69, 9.17) is 0 Å². The highest BCUT2D eigenvalue weighted by atomic mass is 35.5.